The van der Waals surface area contributed by atoms with E-state index in [2.05, 4.69) is 5.10 Å². The number of thioether (sulfide) groups is 1. The molecule has 1 fully saturated rings. The molecule has 2 rings (SSSR count). The van der Waals surface area contributed by atoms with Gasteiger partial charge in [-0.3, -0.25) is 14.9 Å². The van der Waals surface area contributed by atoms with E-state index in [1.807, 2.05) is 0 Å². The van der Waals surface area contributed by atoms with Gasteiger partial charge >= 0.3 is 0 Å². The smallest absolute Gasteiger partial charge is 0.240 e. The fourth-order valence-corrected chi connectivity index (χ4v) is 1.74. The zero-order chi connectivity index (χ0) is 7.14. The Labute approximate surface area is 61.2 Å². The standard InChI is InChI=1S/C4H5N3O2S/c8-3-1-10-4-5-7(9)2-6(3)4/h9H,1-2H2. The maximum atomic E-state index is 10.9. The molecule has 0 aromatic carbocycles. The first-order valence-electron chi connectivity index (χ1n) is 2.75. The van der Waals surface area contributed by atoms with Crippen molar-refractivity contribution in [2.75, 3.05) is 12.4 Å². The molecule has 2 aliphatic rings. The zero-order valence-corrected chi connectivity index (χ0v) is 5.84. The van der Waals surface area contributed by atoms with Gasteiger partial charge < -0.3 is 0 Å². The van der Waals surface area contributed by atoms with Crippen LogP contribution >= 0.6 is 11.8 Å². The second-order valence-electron chi connectivity index (χ2n) is 2.01. The highest BCUT2D eigenvalue weighted by atomic mass is 32.2. The lowest BCUT2D eigenvalue weighted by Crippen LogP contribution is -2.30. The number of carbonyl (C=O) groups excluding carboxylic acids is 1. The first-order valence-corrected chi connectivity index (χ1v) is 3.74. The van der Waals surface area contributed by atoms with Crippen LogP contribution in [0.2, 0.25) is 0 Å². The molecule has 5 nitrogen and oxygen atoms in total. The number of rotatable bonds is 0. The van der Waals surface area contributed by atoms with Gasteiger partial charge in [0.15, 0.2) is 5.17 Å². The third-order valence-electron chi connectivity index (χ3n) is 1.33. The van der Waals surface area contributed by atoms with E-state index in [4.69, 9.17) is 5.21 Å². The highest BCUT2D eigenvalue weighted by Gasteiger charge is 2.34. The van der Waals surface area contributed by atoms with Crippen molar-refractivity contribution in [3.8, 4) is 0 Å². The summed E-state index contributed by atoms with van der Waals surface area (Å²) in [6.45, 7) is 0.182. The van der Waals surface area contributed by atoms with Gasteiger partial charge in [-0.25, -0.2) is 0 Å². The van der Waals surface area contributed by atoms with Crippen LogP contribution < -0.4 is 0 Å². The molecule has 0 saturated carbocycles. The number of nitrogens with zero attached hydrogens (tertiary/aromatic N) is 3. The maximum Gasteiger partial charge on any atom is 0.240 e. The van der Waals surface area contributed by atoms with Gasteiger partial charge in [0.05, 0.1) is 5.75 Å². The van der Waals surface area contributed by atoms with Gasteiger partial charge in [-0.05, 0) is 0 Å². The summed E-state index contributed by atoms with van der Waals surface area (Å²) >= 11 is 1.35. The summed E-state index contributed by atoms with van der Waals surface area (Å²) in [5.41, 5.74) is 0. The van der Waals surface area contributed by atoms with E-state index in [-0.39, 0.29) is 12.6 Å². The molecular weight excluding hydrogens is 154 g/mol. The van der Waals surface area contributed by atoms with Gasteiger partial charge in [-0.1, -0.05) is 11.8 Å². The van der Waals surface area contributed by atoms with Gasteiger partial charge in [-0.2, -0.15) is 5.17 Å². The van der Waals surface area contributed by atoms with Crippen LogP contribution in [0.5, 0.6) is 0 Å². The fourth-order valence-electron chi connectivity index (χ4n) is 0.868. The van der Waals surface area contributed by atoms with Crippen molar-refractivity contribution in [3.63, 3.8) is 0 Å². The second kappa shape index (κ2) is 1.86. The second-order valence-corrected chi connectivity index (χ2v) is 2.95. The van der Waals surface area contributed by atoms with Crippen LogP contribution in [0.25, 0.3) is 0 Å². The summed E-state index contributed by atoms with van der Waals surface area (Å²) in [7, 11) is 0. The van der Waals surface area contributed by atoms with E-state index in [1.54, 1.807) is 0 Å². The van der Waals surface area contributed by atoms with Crippen LogP contribution in [0.3, 0.4) is 0 Å². The van der Waals surface area contributed by atoms with E-state index in [9.17, 15) is 4.79 Å². The van der Waals surface area contributed by atoms with E-state index in [1.165, 1.54) is 16.7 Å². The summed E-state index contributed by atoms with van der Waals surface area (Å²) in [4.78, 5) is 12.3. The number of amides is 1. The van der Waals surface area contributed by atoms with Crippen LogP contribution in [0.15, 0.2) is 5.10 Å². The minimum atomic E-state index is 0.0142. The van der Waals surface area contributed by atoms with Crippen LogP contribution in [-0.4, -0.2) is 38.8 Å². The number of hydrogen-bond donors (Lipinski definition) is 1. The van der Waals surface area contributed by atoms with Crippen molar-refractivity contribution >= 4 is 22.8 Å². The highest BCUT2D eigenvalue weighted by Crippen LogP contribution is 2.23. The predicted octanol–water partition coefficient (Wildman–Crippen LogP) is -0.505. The van der Waals surface area contributed by atoms with Gasteiger partial charge in [0, 0.05) is 0 Å². The monoisotopic (exact) mass is 159 g/mol. The molecule has 54 valence electrons. The average molecular weight is 159 g/mol. The summed E-state index contributed by atoms with van der Waals surface area (Å²) in [6.07, 6.45) is 0. The highest BCUT2D eigenvalue weighted by molar-refractivity contribution is 8.15. The Balaban J connectivity index is 2.26. The van der Waals surface area contributed by atoms with Crippen molar-refractivity contribution < 1.29 is 10.0 Å². The Morgan fingerprint density at radius 2 is 2.50 bits per heavy atom. The quantitative estimate of drug-likeness (QED) is 0.517. The fraction of sp³-hybridized carbons (Fsp3) is 0.500. The molecule has 1 N–H and O–H groups in total. The zero-order valence-electron chi connectivity index (χ0n) is 5.02. The minimum Gasteiger partial charge on any atom is -0.273 e. The third kappa shape index (κ3) is 0.691. The molecule has 0 aromatic rings. The van der Waals surface area contributed by atoms with E-state index < -0.39 is 0 Å². The SMILES string of the molecule is O=C1CSC2=NN(O)CN12. The number of fused-ring (bicyclic) bond motifs is 1. The molecule has 0 bridgehead atoms. The molecule has 6 heteroatoms. The molecule has 0 radical (unpaired) electrons. The van der Waals surface area contributed by atoms with Crippen molar-refractivity contribution in [3.05, 3.63) is 0 Å². The van der Waals surface area contributed by atoms with Crippen LogP contribution in [-0.2, 0) is 4.79 Å². The normalized spacial score (nSPS) is 23.7. The van der Waals surface area contributed by atoms with Crippen molar-refractivity contribution in [2.45, 2.75) is 0 Å². The van der Waals surface area contributed by atoms with Crippen LogP contribution in [0.1, 0.15) is 0 Å². The first kappa shape index (κ1) is 5.99. The minimum absolute atomic E-state index is 0.0142. The van der Waals surface area contributed by atoms with Gasteiger partial charge in [0.2, 0.25) is 5.91 Å². The molecule has 10 heavy (non-hydrogen) atoms. The molecule has 2 aliphatic heterocycles. The molecule has 0 atom stereocenters. The van der Waals surface area contributed by atoms with Crippen molar-refractivity contribution in [2.24, 2.45) is 5.10 Å². The summed E-state index contributed by atoms with van der Waals surface area (Å²) < 4.78 is 0. The summed E-state index contributed by atoms with van der Waals surface area (Å²) in [5.74, 6) is 0.465. The number of hydrogen-bond acceptors (Lipinski definition) is 5. The van der Waals surface area contributed by atoms with Crippen molar-refractivity contribution in [1.82, 2.24) is 10.1 Å². The van der Waals surface area contributed by atoms with E-state index in [0.717, 1.165) is 5.17 Å². The Kier molecular flexibility index (Phi) is 1.12. The van der Waals surface area contributed by atoms with E-state index >= 15 is 0 Å². The third-order valence-corrected chi connectivity index (χ3v) is 2.28. The molecule has 0 spiro atoms. The number of hydrazone groups is 1. The van der Waals surface area contributed by atoms with Gasteiger partial charge in [-0.15, -0.1) is 5.10 Å². The molecule has 0 aromatic heterocycles. The molecular formula is C4H5N3O2S. The molecule has 1 amide bonds. The topological polar surface area (TPSA) is 56.1 Å². The molecule has 0 aliphatic carbocycles. The van der Waals surface area contributed by atoms with E-state index in [0.29, 0.717) is 10.9 Å². The molecule has 1 saturated heterocycles. The summed E-state index contributed by atoms with van der Waals surface area (Å²) in [6, 6.07) is 0. The van der Waals surface area contributed by atoms with Crippen LogP contribution in [0, 0.1) is 0 Å². The van der Waals surface area contributed by atoms with Gasteiger partial charge in [0.1, 0.15) is 6.67 Å². The van der Waals surface area contributed by atoms with Crippen LogP contribution in [0.4, 0.5) is 0 Å². The lowest BCUT2D eigenvalue weighted by molar-refractivity contribution is -0.134. The number of amidine groups is 1. The summed E-state index contributed by atoms with van der Waals surface area (Å²) in [5, 5.41) is 13.8. The largest absolute Gasteiger partial charge is 0.273 e. The number of carbonyl (C=O) groups is 1. The Hall–Kier alpha value is -0.750. The Morgan fingerprint density at radius 1 is 1.70 bits per heavy atom. The Morgan fingerprint density at radius 3 is 3.20 bits per heavy atom. The Bertz CT molecular complexity index is 217. The van der Waals surface area contributed by atoms with Gasteiger partial charge in [0.25, 0.3) is 0 Å². The van der Waals surface area contributed by atoms with Crippen molar-refractivity contribution in [1.29, 1.82) is 0 Å². The first-order chi connectivity index (χ1) is 4.77. The lowest BCUT2D eigenvalue weighted by Gasteiger charge is -2.07. The molecule has 2 heterocycles. The predicted molar refractivity (Wildman–Crippen MR) is 35.2 cm³/mol. The molecule has 0 unspecified atom stereocenters. The maximum absolute atomic E-state index is 10.9. The number of hydroxylamine groups is 1. The average Bonchev–Trinajstić information content (AvgIpc) is 2.35. The lowest BCUT2D eigenvalue weighted by atomic mass is 10.6.